The maximum Gasteiger partial charge on any atom is 0.258 e. The van der Waals surface area contributed by atoms with Crippen LogP contribution in [-0.4, -0.2) is 16.3 Å². The molecule has 1 saturated carbocycles. The number of hydrogen-bond donors (Lipinski definition) is 3. The molecule has 5 nitrogen and oxygen atoms in total. The second kappa shape index (κ2) is 5.73. The first-order valence-corrected chi connectivity index (χ1v) is 7.76. The highest BCUT2D eigenvalue weighted by Gasteiger charge is 2.27. The van der Waals surface area contributed by atoms with E-state index in [0.29, 0.717) is 24.0 Å². The Morgan fingerprint density at radius 1 is 1.48 bits per heavy atom. The van der Waals surface area contributed by atoms with Gasteiger partial charge >= 0.3 is 0 Å². The van der Waals surface area contributed by atoms with Crippen molar-refractivity contribution in [3.05, 3.63) is 41.0 Å². The summed E-state index contributed by atoms with van der Waals surface area (Å²) in [7, 11) is 0. The SMILES string of the molecule is Cc1cccc(CNc2snc(N)c2C(=O)NC2CC2)c1. The van der Waals surface area contributed by atoms with Crippen LogP contribution in [0.5, 0.6) is 0 Å². The summed E-state index contributed by atoms with van der Waals surface area (Å²) >= 11 is 1.23. The van der Waals surface area contributed by atoms with Crippen LogP contribution < -0.4 is 16.4 Å². The van der Waals surface area contributed by atoms with Crippen molar-refractivity contribution in [1.29, 1.82) is 0 Å². The molecular formula is C15H18N4OS. The number of aromatic nitrogens is 1. The van der Waals surface area contributed by atoms with Crippen LogP contribution in [0, 0.1) is 6.92 Å². The van der Waals surface area contributed by atoms with E-state index in [9.17, 15) is 4.79 Å². The van der Waals surface area contributed by atoms with Crippen molar-refractivity contribution in [3.8, 4) is 0 Å². The minimum atomic E-state index is -0.129. The summed E-state index contributed by atoms with van der Waals surface area (Å²) in [6.45, 7) is 2.70. The number of amides is 1. The number of nitrogens with two attached hydrogens (primary N) is 1. The topological polar surface area (TPSA) is 80.0 Å². The van der Waals surface area contributed by atoms with E-state index in [0.717, 1.165) is 23.4 Å². The van der Waals surface area contributed by atoms with Crippen LogP contribution in [0.2, 0.25) is 0 Å². The van der Waals surface area contributed by atoms with Crippen molar-refractivity contribution in [2.24, 2.45) is 0 Å². The van der Waals surface area contributed by atoms with Crippen LogP contribution in [0.4, 0.5) is 10.8 Å². The molecule has 1 aliphatic rings. The van der Waals surface area contributed by atoms with Crippen molar-refractivity contribution in [2.45, 2.75) is 32.4 Å². The van der Waals surface area contributed by atoms with Gasteiger partial charge in [0, 0.05) is 12.6 Å². The van der Waals surface area contributed by atoms with Gasteiger partial charge in [0.15, 0.2) is 5.82 Å². The predicted octanol–water partition coefficient (Wildman–Crippen LogP) is 2.54. The highest BCUT2D eigenvalue weighted by molar-refractivity contribution is 7.11. The first kappa shape index (κ1) is 13.9. The van der Waals surface area contributed by atoms with Crippen LogP contribution in [-0.2, 0) is 6.54 Å². The molecule has 6 heteroatoms. The summed E-state index contributed by atoms with van der Waals surface area (Å²) in [6.07, 6.45) is 2.10. The lowest BCUT2D eigenvalue weighted by Crippen LogP contribution is -2.26. The number of nitrogens with one attached hydrogen (secondary N) is 2. The maximum atomic E-state index is 12.2. The fraction of sp³-hybridized carbons (Fsp3) is 0.333. The lowest BCUT2D eigenvalue weighted by atomic mass is 10.1. The summed E-state index contributed by atoms with van der Waals surface area (Å²) in [5, 5.41) is 6.95. The molecule has 0 unspecified atom stereocenters. The highest BCUT2D eigenvalue weighted by Crippen LogP contribution is 2.28. The number of carbonyl (C=O) groups excluding carboxylic acids is 1. The van der Waals surface area contributed by atoms with Crippen LogP contribution >= 0.6 is 11.5 Å². The molecule has 2 aromatic rings. The summed E-state index contributed by atoms with van der Waals surface area (Å²) in [6, 6.07) is 8.55. The maximum absolute atomic E-state index is 12.2. The largest absolute Gasteiger partial charge is 0.382 e. The average Bonchev–Trinajstić information content (AvgIpc) is 3.18. The zero-order valence-corrected chi connectivity index (χ0v) is 12.7. The molecule has 0 aliphatic heterocycles. The third kappa shape index (κ3) is 3.33. The fourth-order valence-corrected chi connectivity index (χ4v) is 2.84. The molecule has 0 atom stereocenters. The van der Waals surface area contributed by atoms with Crippen molar-refractivity contribution in [2.75, 3.05) is 11.1 Å². The molecule has 0 spiro atoms. The van der Waals surface area contributed by atoms with Crippen LogP contribution in [0.15, 0.2) is 24.3 Å². The summed E-state index contributed by atoms with van der Waals surface area (Å²) < 4.78 is 4.09. The summed E-state index contributed by atoms with van der Waals surface area (Å²) in [4.78, 5) is 12.2. The zero-order chi connectivity index (χ0) is 14.8. The molecule has 1 aliphatic carbocycles. The monoisotopic (exact) mass is 302 g/mol. The van der Waals surface area contributed by atoms with E-state index in [4.69, 9.17) is 5.73 Å². The Morgan fingerprint density at radius 2 is 2.29 bits per heavy atom. The van der Waals surface area contributed by atoms with Gasteiger partial charge < -0.3 is 16.4 Å². The van der Waals surface area contributed by atoms with Gasteiger partial charge in [-0.3, -0.25) is 4.79 Å². The van der Waals surface area contributed by atoms with Gasteiger partial charge in [0.25, 0.3) is 5.91 Å². The number of nitrogen functional groups attached to an aromatic ring is 1. The predicted molar refractivity (Wildman–Crippen MR) is 85.5 cm³/mol. The molecule has 0 radical (unpaired) electrons. The first-order chi connectivity index (χ1) is 10.1. The molecule has 0 saturated heterocycles. The Bertz CT molecular complexity index is 663. The molecule has 1 aromatic carbocycles. The third-order valence-corrected chi connectivity index (χ3v) is 4.21. The van der Waals surface area contributed by atoms with E-state index in [-0.39, 0.29) is 5.91 Å². The normalized spacial score (nSPS) is 14.0. The van der Waals surface area contributed by atoms with E-state index in [1.54, 1.807) is 0 Å². The molecule has 4 N–H and O–H groups in total. The van der Waals surface area contributed by atoms with Gasteiger partial charge in [-0.05, 0) is 36.9 Å². The molecule has 0 bridgehead atoms. The van der Waals surface area contributed by atoms with Gasteiger partial charge in [-0.25, -0.2) is 0 Å². The Balaban J connectivity index is 1.71. The molecule has 3 rings (SSSR count). The number of anilines is 2. The third-order valence-electron chi connectivity index (χ3n) is 3.39. The Labute approximate surface area is 127 Å². The molecular weight excluding hydrogens is 284 g/mol. The highest BCUT2D eigenvalue weighted by atomic mass is 32.1. The standard InChI is InChI=1S/C15H18N4OS/c1-9-3-2-4-10(7-9)8-17-15-12(13(16)19-21-15)14(20)18-11-5-6-11/h2-4,7,11,17H,5-6,8H2,1H3,(H2,16,19)(H,18,20). The first-order valence-electron chi connectivity index (χ1n) is 6.99. The number of hydrogen-bond acceptors (Lipinski definition) is 5. The number of aryl methyl sites for hydroxylation is 1. The number of benzene rings is 1. The van der Waals surface area contributed by atoms with Crippen molar-refractivity contribution in [1.82, 2.24) is 9.69 Å². The molecule has 1 heterocycles. The Hall–Kier alpha value is -2.08. The number of carbonyl (C=O) groups is 1. The summed E-state index contributed by atoms with van der Waals surface area (Å²) in [5.74, 6) is 0.167. The minimum Gasteiger partial charge on any atom is -0.382 e. The zero-order valence-electron chi connectivity index (χ0n) is 11.8. The Kier molecular flexibility index (Phi) is 3.79. The Morgan fingerprint density at radius 3 is 3.00 bits per heavy atom. The average molecular weight is 302 g/mol. The smallest absolute Gasteiger partial charge is 0.258 e. The van der Waals surface area contributed by atoms with Crippen molar-refractivity contribution >= 4 is 28.3 Å². The van der Waals surface area contributed by atoms with E-state index in [1.165, 1.54) is 17.1 Å². The lowest BCUT2D eigenvalue weighted by Gasteiger charge is -2.08. The molecule has 1 aromatic heterocycles. The van der Waals surface area contributed by atoms with E-state index in [2.05, 4.69) is 34.1 Å². The van der Waals surface area contributed by atoms with E-state index >= 15 is 0 Å². The van der Waals surface area contributed by atoms with Gasteiger partial charge in [-0.2, -0.15) is 4.37 Å². The van der Waals surface area contributed by atoms with Gasteiger partial charge in [0.2, 0.25) is 0 Å². The fourth-order valence-electron chi connectivity index (χ4n) is 2.13. The van der Waals surface area contributed by atoms with Crippen LogP contribution in [0.1, 0.15) is 34.3 Å². The second-order valence-electron chi connectivity index (χ2n) is 5.36. The second-order valence-corrected chi connectivity index (χ2v) is 6.14. The van der Waals surface area contributed by atoms with Crippen molar-refractivity contribution in [3.63, 3.8) is 0 Å². The van der Waals surface area contributed by atoms with E-state index in [1.807, 2.05) is 12.1 Å². The van der Waals surface area contributed by atoms with Gasteiger partial charge in [0.1, 0.15) is 10.6 Å². The molecule has 21 heavy (non-hydrogen) atoms. The van der Waals surface area contributed by atoms with Crippen LogP contribution in [0.3, 0.4) is 0 Å². The van der Waals surface area contributed by atoms with E-state index < -0.39 is 0 Å². The molecule has 1 amide bonds. The van der Waals surface area contributed by atoms with Crippen molar-refractivity contribution < 1.29 is 4.79 Å². The summed E-state index contributed by atoms with van der Waals surface area (Å²) in [5.41, 5.74) is 8.68. The molecule has 110 valence electrons. The van der Waals surface area contributed by atoms with Gasteiger partial charge in [-0.15, -0.1) is 0 Å². The van der Waals surface area contributed by atoms with Gasteiger partial charge in [0.05, 0.1) is 0 Å². The minimum absolute atomic E-state index is 0.129. The lowest BCUT2D eigenvalue weighted by molar-refractivity contribution is 0.0953. The number of nitrogens with zero attached hydrogens (tertiary/aromatic N) is 1. The quantitative estimate of drug-likeness (QED) is 0.793. The van der Waals surface area contributed by atoms with Gasteiger partial charge in [-0.1, -0.05) is 29.8 Å². The van der Waals surface area contributed by atoms with Crippen LogP contribution in [0.25, 0.3) is 0 Å². The molecule has 1 fully saturated rings. The number of rotatable bonds is 5.